The number of carbonyl (C=O) groups is 1. The molecule has 2 rings (SSSR count). The van der Waals surface area contributed by atoms with Crippen LogP contribution in [0.1, 0.15) is 36.5 Å². The highest BCUT2D eigenvalue weighted by molar-refractivity contribution is 5.70. The molecule has 2 aromatic rings. The summed E-state index contributed by atoms with van der Waals surface area (Å²) in [4.78, 5) is 10.9. The predicted octanol–water partition coefficient (Wildman–Crippen LogP) is 4.05. The van der Waals surface area contributed by atoms with E-state index in [1.165, 1.54) is 5.56 Å². The van der Waals surface area contributed by atoms with Crippen LogP contribution in [-0.4, -0.2) is 11.1 Å². The van der Waals surface area contributed by atoms with Crippen molar-refractivity contribution in [3.63, 3.8) is 0 Å². The average molecular weight is 283 g/mol. The molecule has 0 heterocycles. The second kappa shape index (κ2) is 6.93. The van der Waals surface area contributed by atoms with Crippen molar-refractivity contribution in [1.29, 1.82) is 0 Å². The summed E-state index contributed by atoms with van der Waals surface area (Å²) in [7, 11) is 0. The zero-order chi connectivity index (χ0) is 15.2. The largest absolute Gasteiger partial charge is 0.481 e. The second-order valence-electron chi connectivity index (χ2n) is 5.47. The Morgan fingerprint density at radius 2 is 1.67 bits per heavy atom. The molecule has 0 spiro atoms. The molecule has 110 valence electrons. The minimum atomic E-state index is -0.802. The monoisotopic (exact) mass is 283 g/mol. The molecule has 2 aromatic carbocycles. The lowest BCUT2D eigenvalue weighted by Gasteiger charge is -2.11. The van der Waals surface area contributed by atoms with Crippen molar-refractivity contribution >= 4 is 11.7 Å². The van der Waals surface area contributed by atoms with E-state index in [4.69, 9.17) is 5.11 Å². The van der Waals surface area contributed by atoms with Gasteiger partial charge in [0, 0.05) is 12.2 Å². The molecule has 0 aliphatic rings. The molecule has 3 nitrogen and oxygen atoms in total. The van der Waals surface area contributed by atoms with Gasteiger partial charge in [-0.05, 0) is 34.7 Å². The molecule has 0 radical (unpaired) electrons. The minimum Gasteiger partial charge on any atom is -0.481 e. The van der Waals surface area contributed by atoms with Crippen molar-refractivity contribution in [1.82, 2.24) is 0 Å². The summed E-state index contributed by atoms with van der Waals surface area (Å²) in [6, 6.07) is 16.0. The molecular weight excluding hydrogens is 262 g/mol. The van der Waals surface area contributed by atoms with E-state index in [2.05, 4.69) is 43.4 Å². The number of aliphatic carboxylic acids is 1. The van der Waals surface area contributed by atoms with Crippen molar-refractivity contribution in [3.05, 3.63) is 65.2 Å². The van der Waals surface area contributed by atoms with Crippen LogP contribution in [0.3, 0.4) is 0 Å². The Labute approximate surface area is 125 Å². The lowest BCUT2D eigenvalue weighted by atomic mass is 10.0. The van der Waals surface area contributed by atoms with Crippen LogP contribution in [0.5, 0.6) is 0 Å². The number of rotatable bonds is 6. The number of nitrogens with one attached hydrogen (secondary N) is 1. The number of benzene rings is 2. The highest BCUT2D eigenvalue weighted by Gasteiger charge is 2.06. The third kappa shape index (κ3) is 4.35. The van der Waals surface area contributed by atoms with E-state index in [-0.39, 0.29) is 6.42 Å². The molecule has 0 aromatic heterocycles. The van der Waals surface area contributed by atoms with E-state index in [1.54, 1.807) is 0 Å². The van der Waals surface area contributed by atoms with Gasteiger partial charge in [-0.15, -0.1) is 0 Å². The van der Waals surface area contributed by atoms with Crippen molar-refractivity contribution < 1.29 is 9.90 Å². The van der Waals surface area contributed by atoms with E-state index in [9.17, 15) is 4.79 Å². The quantitative estimate of drug-likeness (QED) is 0.841. The molecule has 0 aliphatic carbocycles. The summed E-state index contributed by atoms with van der Waals surface area (Å²) in [5, 5.41) is 12.3. The summed E-state index contributed by atoms with van der Waals surface area (Å²) < 4.78 is 0. The number of carboxylic acid groups (broad SMARTS) is 1. The van der Waals surface area contributed by atoms with Crippen molar-refractivity contribution in [2.45, 2.75) is 32.7 Å². The normalized spacial score (nSPS) is 10.6. The van der Waals surface area contributed by atoms with E-state index in [1.807, 2.05) is 24.3 Å². The topological polar surface area (TPSA) is 49.3 Å². The van der Waals surface area contributed by atoms with E-state index >= 15 is 0 Å². The van der Waals surface area contributed by atoms with Gasteiger partial charge in [0.1, 0.15) is 0 Å². The molecule has 0 saturated heterocycles. The molecule has 0 saturated carbocycles. The van der Waals surface area contributed by atoms with Crippen LogP contribution in [0, 0.1) is 0 Å². The Morgan fingerprint density at radius 1 is 1.05 bits per heavy atom. The lowest BCUT2D eigenvalue weighted by molar-refractivity contribution is -0.136. The highest BCUT2D eigenvalue weighted by atomic mass is 16.4. The minimum absolute atomic E-state index is 0.0597. The van der Waals surface area contributed by atoms with Crippen LogP contribution < -0.4 is 5.32 Å². The van der Waals surface area contributed by atoms with Gasteiger partial charge >= 0.3 is 5.97 Å². The number of anilines is 1. The summed E-state index contributed by atoms with van der Waals surface area (Å²) >= 11 is 0. The van der Waals surface area contributed by atoms with Crippen molar-refractivity contribution in [2.75, 3.05) is 5.32 Å². The number of hydrogen-bond donors (Lipinski definition) is 2. The maximum atomic E-state index is 10.9. The first-order valence-electron chi connectivity index (χ1n) is 7.18. The molecular formula is C18H21NO2. The molecule has 0 amide bonds. The predicted molar refractivity (Wildman–Crippen MR) is 85.6 cm³/mol. The SMILES string of the molecule is CC(C)c1ccc(NCc2ccccc2CC(=O)O)cc1. The summed E-state index contributed by atoms with van der Waals surface area (Å²) in [5.74, 6) is -0.279. The number of hydrogen-bond acceptors (Lipinski definition) is 2. The first kappa shape index (κ1) is 15.1. The smallest absolute Gasteiger partial charge is 0.307 e. The van der Waals surface area contributed by atoms with Crippen molar-refractivity contribution in [2.24, 2.45) is 0 Å². The van der Waals surface area contributed by atoms with Crippen LogP contribution in [0.2, 0.25) is 0 Å². The van der Waals surface area contributed by atoms with Gasteiger partial charge in [0.25, 0.3) is 0 Å². The van der Waals surface area contributed by atoms with Crippen LogP contribution in [-0.2, 0) is 17.8 Å². The maximum absolute atomic E-state index is 10.9. The van der Waals surface area contributed by atoms with Gasteiger partial charge in [0.15, 0.2) is 0 Å². The second-order valence-corrected chi connectivity index (χ2v) is 5.47. The Balaban J connectivity index is 2.04. The van der Waals surface area contributed by atoms with E-state index < -0.39 is 5.97 Å². The summed E-state index contributed by atoms with van der Waals surface area (Å²) in [6.45, 7) is 4.97. The Bertz CT molecular complexity index is 603. The first-order chi connectivity index (χ1) is 10.1. The van der Waals surface area contributed by atoms with Gasteiger partial charge in [-0.1, -0.05) is 50.2 Å². The molecule has 21 heavy (non-hydrogen) atoms. The molecule has 0 aliphatic heterocycles. The Kier molecular flexibility index (Phi) is 4.99. The Morgan fingerprint density at radius 3 is 2.24 bits per heavy atom. The molecule has 0 atom stereocenters. The third-order valence-corrected chi connectivity index (χ3v) is 3.52. The fourth-order valence-electron chi connectivity index (χ4n) is 2.25. The first-order valence-corrected chi connectivity index (χ1v) is 7.18. The molecule has 0 fully saturated rings. The van der Waals surface area contributed by atoms with Gasteiger partial charge in [0.2, 0.25) is 0 Å². The van der Waals surface area contributed by atoms with Crippen LogP contribution in [0.25, 0.3) is 0 Å². The fraction of sp³-hybridized carbons (Fsp3) is 0.278. The molecule has 0 unspecified atom stereocenters. The molecule has 3 heteroatoms. The Hall–Kier alpha value is -2.29. The van der Waals surface area contributed by atoms with E-state index in [0.717, 1.165) is 16.8 Å². The van der Waals surface area contributed by atoms with Gasteiger partial charge in [-0.2, -0.15) is 0 Å². The number of carboxylic acids is 1. The molecule has 2 N–H and O–H groups in total. The highest BCUT2D eigenvalue weighted by Crippen LogP contribution is 2.18. The summed E-state index contributed by atoms with van der Waals surface area (Å²) in [6.07, 6.45) is 0.0597. The van der Waals surface area contributed by atoms with Crippen molar-refractivity contribution in [3.8, 4) is 0 Å². The summed E-state index contributed by atoms with van der Waals surface area (Å²) in [5.41, 5.74) is 4.24. The standard InChI is InChI=1S/C18H21NO2/c1-13(2)14-7-9-17(10-8-14)19-12-16-6-4-3-5-15(16)11-18(20)21/h3-10,13,19H,11-12H2,1-2H3,(H,20,21). The maximum Gasteiger partial charge on any atom is 0.307 e. The zero-order valence-electron chi connectivity index (χ0n) is 12.5. The lowest BCUT2D eigenvalue weighted by Crippen LogP contribution is -2.07. The van der Waals surface area contributed by atoms with Gasteiger partial charge < -0.3 is 10.4 Å². The average Bonchev–Trinajstić information content (AvgIpc) is 2.46. The molecule has 0 bridgehead atoms. The van der Waals surface area contributed by atoms with Crippen LogP contribution in [0.15, 0.2) is 48.5 Å². The third-order valence-electron chi connectivity index (χ3n) is 3.52. The van der Waals surface area contributed by atoms with Gasteiger partial charge in [0.05, 0.1) is 6.42 Å². The van der Waals surface area contributed by atoms with Gasteiger partial charge in [-0.3, -0.25) is 4.79 Å². The van der Waals surface area contributed by atoms with Crippen LogP contribution >= 0.6 is 0 Å². The zero-order valence-corrected chi connectivity index (χ0v) is 12.5. The van der Waals surface area contributed by atoms with Crippen LogP contribution in [0.4, 0.5) is 5.69 Å². The fourth-order valence-corrected chi connectivity index (χ4v) is 2.25. The van der Waals surface area contributed by atoms with Gasteiger partial charge in [-0.25, -0.2) is 0 Å². The van der Waals surface area contributed by atoms with E-state index in [0.29, 0.717) is 12.5 Å².